The summed E-state index contributed by atoms with van der Waals surface area (Å²) < 4.78 is 27.3. The molecular weight excluding hydrogens is 629 g/mol. The maximum absolute atomic E-state index is 13.7. The van der Waals surface area contributed by atoms with Gasteiger partial charge in [0.05, 0.1) is 26.5 Å². The quantitative estimate of drug-likeness (QED) is 0.141. The van der Waals surface area contributed by atoms with Crippen LogP contribution in [0.25, 0.3) is 11.1 Å². The van der Waals surface area contributed by atoms with E-state index in [2.05, 4.69) is 4.90 Å². The highest BCUT2D eigenvalue weighted by Gasteiger charge is 2.28. The van der Waals surface area contributed by atoms with Gasteiger partial charge < -0.3 is 10.2 Å². The van der Waals surface area contributed by atoms with Gasteiger partial charge in [-0.2, -0.15) is 0 Å². The Morgan fingerprint density at radius 1 is 0.778 bits per heavy atom. The first kappa shape index (κ1) is 32.4. The number of hydrogen-bond donors (Lipinski definition) is 2. The van der Waals surface area contributed by atoms with Gasteiger partial charge in [-0.3, -0.25) is 4.90 Å². The van der Waals surface area contributed by atoms with Gasteiger partial charge in [-0.15, -0.1) is 0 Å². The summed E-state index contributed by atoms with van der Waals surface area (Å²) in [5, 5.41) is 21.4. The Hall–Kier alpha value is -3.98. The zero-order chi connectivity index (χ0) is 32.0. The van der Waals surface area contributed by atoms with Gasteiger partial charge in [0, 0.05) is 30.2 Å². The van der Waals surface area contributed by atoms with Crippen molar-refractivity contribution in [1.29, 1.82) is 0 Å². The van der Waals surface area contributed by atoms with E-state index in [1.54, 1.807) is 48.5 Å². The Labute approximate surface area is 273 Å². The molecule has 0 radical (unpaired) electrons. The van der Waals surface area contributed by atoms with Crippen molar-refractivity contribution < 1.29 is 23.4 Å². The lowest BCUT2D eigenvalue weighted by Crippen LogP contribution is -2.30. The minimum Gasteiger partial charge on any atom is -0.478 e. The van der Waals surface area contributed by atoms with Crippen molar-refractivity contribution in [1.82, 2.24) is 4.90 Å². The average Bonchev–Trinajstić information content (AvgIpc) is 3.04. The predicted molar refractivity (Wildman–Crippen MR) is 178 cm³/mol. The number of aromatic carboxylic acids is 1. The Bertz CT molecular complexity index is 1880. The van der Waals surface area contributed by atoms with E-state index in [4.69, 9.17) is 23.2 Å². The third-order valence-corrected chi connectivity index (χ3v) is 10.00. The molecule has 0 aliphatic carbocycles. The second-order valence-corrected chi connectivity index (χ2v) is 13.4. The van der Waals surface area contributed by atoms with Crippen molar-refractivity contribution in [2.24, 2.45) is 0 Å². The van der Waals surface area contributed by atoms with Crippen LogP contribution in [0.15, 0.2) is 131 Å². The largest absolute Gasteiger partial charge is 0.478 e. The second kappa shape index (κ2) is 14.4. The molecule has 5 aromatic rings. The van der Waals surface area contributed by atoms with Crippen LogP contribution < -0.4 is 0 Å². The number of aliphatic hydroxyl groups is 1. The highest BCUT2D eigenvalue weighted by Crippen LogP contribution is 2.36. The molecule has 6 nitrogen and oxygen atoms in total. The number of rotatable bonds is 12. The highest BCUT2D eigenvalue weighted by molar-refractivity contribution is 7.91. The third-order valence-electron chi connectivity index (χ3n) is 7.56. The first-order valence-corrected chi connectivity index (χ1v) is 16.5. The molecule has 0 aliphatic rings. The zero-order valence-electron chi connectivity index (χ0n) is 24.2. The highest BCUT2D eigenvalue weighted by atomic mass is 35.5. The average molecular weight is 661 g/mol. The molecule has 0 amide bonds. The summed E-state index contributed by atoms with van der Waals surface area (Å²) >= 11 is 12.6. The van der Waals surface area contributed by atoms with Gasteiger partial charge in [-0.25, -0.2) is 13.2 Å². The molecule has 1 atom stereocenters. The minimum atomic E-state index is -4.19. The van der Waals surface area contributed by atoms with E-state index in [1.165, 1.54) is 24.3 Å². The first-order chi connectivity index (χ1) is 21.6. The molecule has 5 aromatic carbocycles. The molecule has 0 bridgehead atoms. The van der Waals surface area contributed by atoms with Crippen molar-refractivity contribution in [2.75, 3.05) is 13.1 Å². The Balaban J connectivity index is 1.35. The number of benzene rings is 5. The molecule has 0 saturated carbocycles. The van der Waals surface area contributed by atoms with Crippen LogP contribution in [0.5, 0.6) is 0 Å². The standard InChI is InChI=1S/C36H31Cl2NO5S/c37-29-13-7-12-28(22-29)32(40)24-39(23-26-8-3-1-4-9-26)21-20-25-14-16-30(17-15-25)45(43,44)33-19-18-31(27-10-5-2-6-11-27)35(38)34(33)36(41)42/h1-19,22,32,40H,20-21,23-24H2,(H,41,42)/t32-/m0/s1. The Morgan fingerprint density at radius 3 is 2.09 bits per heavy atom. The summed E-state index contributed by atoms with van der Waals surface area (Å²) in [6, 6.07) is 35.3. The lowest BCUT2D eigenvalue weighted by Gasteiger charge is -2.25. The van der Waals surface area contributed by atoms with E-state index >= 15 is 0 Å². The summed E-state index contributed by atoms with van der Waals surface area (Å²) in [5.41, 5.74) is 3.37. The van der Waals surface area contributed by atoms with Crippen molar-refractivity contribution in [3.05, 3.63) is 154 Å². The molecule has 0 unspecified atom stereocenters. The monoisotopic (exact) mass is 659 g/mol. The molecule has 230 valence electrons. The number of carboxylic acids is 1. The molecule has 9 heteroatoms. The Morgan fingerprint density at radius 2 is 1.44 bits per heavy atom. The van der Waals surface area contributed by atoms with Gasteiger partial charge >= 0.3 is 5.97 Å². The van der Waals surface area contributed by atoms with Gasteiger partial charge in [0.15, 0.2) is 0 Å². The topological polar surface area (TPSA) is 94.9 Å². The van der Waals surface area contributed by atoms with E-state index in [0.717, 1.165) is 16.7 Å². The van der Waals surface area contributed by atoms with Crippen molar-refractivity contribution >= 4 is 39.0 Å². The van der Waals surface area contributed by atoms with Crippen LogP contribution >= 0.6 is 23.2 Å². The van der Waals surface area contributed by atoms with Gasteiger partial charge in [0.25, 0.3) is 0 Å². The summed E-state index contributed by atoms with van der Waals surface area (Å²) in [4.78, 5) is 14.0. The number of carbonyl (C=O) groups is 1. The van der Waals surface area contributed by atoms with Crippen LogP contribution in [-0.2, 0) is 22.8 Å². The summed E-state index contributed by atoms with van der Waals surface area (Å²) in [7, 11) is -4.19. The molecule has 0 fully saturated rings. The maximum atomic E-state index is 13.7. The van der Waals surface area contributed by atoms with Crippen LogP contribution in [0, 0.1) is 0 Å². The third kappa shape index (κ3) is 7.82. The van der Waals surface area contributed by atoms with Gasteiger partial charge in [-0.05, 0) is 59.0 Å². The molecule has 45 heavy (non-hydrogen) atoms. The second-order valence-electron chi connectivity index (χ2n) is 10.7. The van der Waals surface area contributed by atoms with Crippen LogP contribution in [0.1, 0.15) is 33.2 Å². The molecular formula is C36H31Cl2NO5S. The number of aliphatic hydroxyl groups excluding tert-OH is 1. The molecule has 0 heterocycles. The minimum absolute atomic E-state index is 0.0326. The van der Waals surface area contributed by atoms with Crippen molar-refractivity contribution in [3.8, 4) is 11.1 Å². The van der Waals surface area contributed by atoms with E-state index in [-0.39, 0.29) is 14.8 Å². The lowest BCUT2D eigenvalue weighted by atomic mass is 10.0. The molecule has 0 spiro atoms. The molecule has 0 aliphatic heterocycles. The van der Waals surface area contributed by atoms with Crippen molar-refractivity contribution in [3.63, 3.8) is 0 Å². The number of sulfone groups is 1. The fourth-order valence-corrected chi connectivity index (χ4v) is 7.28. The summed E-state index contributed by atoms with van der Waals surface area (Å²) in [6.07, 6.45) is -0.156. The van der Waals surface area contributed by atoms with Crippen LogP contribution in [0.3, 0.4) is 0 Å². The maximum Gasteiger partial charge on any atom is 0.338 e. The van der Waals surface area contributed by atoms with E-state index in [0.29, 0.717) is 42.2 Å². The smallest absolute Gasteiger partial charge is 0.338 e. The summed E-state index contributed by atoms with van der Waals surface area (Å²) in [6.45, 7) is 1.58. The van der Waals surface area contributed by atoms with Gasteiger partial charge in [0.1, 0.15) is 0 Å². The van der Waals surface area contributed by atoms with Gasteiger partial charge in [0.2, 0.25) is 9.84 Å². The van der Waals surface area contributed by atoms with Crippen LogP contribution in [-0.4, -0.2) is 42.6 Å². The number of halogens is 2. The van der Waals surface area contributed by atoms with E-state index in [1.807, 2.05) is 48.5 Å². The fraction of sp³-hybridized carbons (Fsp3) is 0.139. The zero-order valence-corrected chi connectivity index (χ0v) is 26.5. The van der Waals surface area contributed by atoms with Crippen LogP contribution in [0.2, 0.25) is 10.0 Å². The molecule has 0 saturated heterocycles. The molecule has 0 aromatic heterocycles. The predicted octanol–water partition coefficient (Wildman–Crippen LogP) is 7.97. The fourth-order valence-electron chi connectivity index (χ4n) is 5.21. The number of carboxylic acid groups (broad SMARTS) is 1. The SMILES string of the molecule is O=C(O)c1c(S(=O)(=O)c2ccc(CCN(Cc3ccccc3)C[C@H](O)c3cccc(Cl)c3)cc2)ccc(-c2ccccc2)c1Cl. The molecule has 5 rings (SSSR count). The van der Waals surface area contributed by atoms with E-state index < -0.39 is 27.5 Å². The Kier molecular flexibility index (Phi) is 10.4. The first-order valence-electron chi connectivity index (χ1n) is 14.3. The van der Waals surface area contributed by atoms with Gasteiger partial charge in [-0.1, -0.05) is 114 Å². The lowest BCUT2D eigenvalue weighted by molar-refractivity contribution is 0.0693. The van der Waals surface area contributed by atoms with Crippen LogP contribution in [0.4, 0.5) is 0 Å². The number of nitrogens with zero attached hydrogens (tertiary/aromatic N) is 1. The number of hydrogen-bond acceptors (Lipinski definition) is 5. The van der Waals surface area contributed by atoms with E-state index in [9.17, 15) is 23.4 Å². The summed E-state index contributed by atoms with van der Waals surface area (Å²) in [5.74, 6) is -1.42. The molecule has 2 N–H and O–H groups in total. The normalized spacial score (nSPS) is 12.3. The van der Waals surface area contributed by atoms with Crippen molar-refractivity contribution in [2.45, 2.75) is 28.9 Å².